The van der Waals surface area contributed by atoms with E-state index in [1.807, 2.05) is 0 Å². The molecule has 0 aliphatic heterocycles. The van der Waals surface area contributed by atoms with Crippen molar-refractivity contribution in [1.29, 1.82) is 0 Å². The summed E-state index contributed by atoms with van der Waals surface area (Å²) in [5.41, 5.74) is 3.27. The van der Waals surface area contributed by atoms with Crippen LogP contribution in [0.25, 0.3) is 10.9 Å². The molecular weight excluding hydrogens is 156 g/mol. The van der Waals surface area contributed by atoms with Crippen molar-refractivity contribution in [3.63, 3.8) is 0 Å². The van der Waals surface area contributed by atoms with Crippen LogP contribution in [-0.4, -0.2) is 21.1 Å². The Bertz CT molecular complexity index is 375. The summed E-state index contributed by atoms with van der Waals surface area (Å²) in [5.74, 6) is 0. The number of amides is 1. The van der Waals surface area contributed by atoms with Crippen LogP contribution >= 0.6 is 0 Å². The SMILES string of the molecule is O=CNn1cc2cncnc2c1. The van der Waals surface area contributed by atoms with Crippen molar-refractivity contribution in [3.05, 3.63) is 24.9 Å². The minimum absolute atomic E-state index is 0.603. The predicted molar refractivity (Wildman–Crippen MR) is 43.0 cm³/mol. The lowest BCUT2D eigenvalue weighted by molar-refractivity contribution is -0.106. The number of carbonyl (C=O) groups is 1. The highest BCUT2D eigenvalue weighted by Gasteiger charge is 1.96. The van der Waals surface area contributed by atoms with Crippen LogP contribution in [0.3, 0.4) is 0 Å². The van der Waals surface area contributed by atoms with Crippen molar-refractivity contribution in [2.24, 2.45) is 0 Å². The molecule has 12 heavy (non-hydrogen) atoms. The maximum Gasteiger partial charge on any atom is 0.225 e. The summed E-state index contributed by atoms with van der Waals surface area (Å²) in [5, 5.41) is 0.895. The van der Waals surface area contributed by atoms with E-state index < -0.39 is 0 Å². The van der Waals surface area contributed by atoms with Crippen molar-refractivity contribution in [1.82, 2.24) is 14.6 Å². The number of fused-ring (bicyclic) bond motifs is 1. The molecule has 0 saturated carbocycles. The number of hydrogen-bond acceptors (Lipinski definition) is 3. The second-order valence-electron chi connectivity index (χ2n) is 2.28. The molecule has 0 atom stereocenters. The van der Waals surface area contributed by atoms with Gasteiger partial charge in [-0.25, -0.2) is 9.97 Å². The Morgan fingerprint density at radius 2 is 2.42 bits per heavy atom. The molecule has 5 heteroatoms. The fraction of sp³-hybridized carbons (Fsp3) is 0. The Balaban J connectivity index is 2.54. The molecule has 5 nitrogen and oxygen atoms in total. The van der Waals surface area contributed by atoms with Crippen LogP contribution in [0.15, 0.2) is 24.9 Å². The van der Waals surface area contributed by atoms with E-state index in [-0.39, 0.29) is 0 Å². The Hall–Kier alpha value is -1.91. The zero-order valence-corrected chi connectivity index (χ0v) is 6.14. The van der Waals surface area contributed by atoms with Gasteiger partial charge in [0.2, 0.25) is 6.41 Å². The van der Waals surface area contributed by atoms with Crippen LogP contribution in [0.5, 0.6) is 0 Å². The summed E-state index contributed by atoms with van der Waals surface area (Å²) >= 11 is 0. The van der Waals surface area contributed by atoms with Gasteiger partial charge >= 0.3 is 0 Å². The van der Waals surface area contributed by atoms with E-state index in [2.05, 4.69) is 15.4 Å². The van der Waals surface area contributed by atoms with E-state index in [9.17, 15) is 4.79 Å². The number of nitrogens with zero attached hydrogens (tertiary/aromatic N) is 3. The Labute approximate surface area is 68.0 Å². The first-order valence-electron chi connectivity index (χ1n) is 3.38. The first-order chi connectivity index (χ1) is 5.90. The second-order valence-corrected chi connectivity index (χ2v) is 2.28. The van der Waals surface area contributed by atoms with Gasteiger partial charge in [-0.2, -0.15) is 0 Å². The van der Waals surface area contributed by atoms with Crippen LogP contribution in [0.1, 0.15) is 0 Å². The Kier molecular flexibility index (Phi) is 1.48. The topological polar surface area (TPSA) is 59.8 Å². The largest absolute Gasteiger partial charge is 0.277 e. The molecule has 0 saturated heterocycles. The van der Waals surface area contributed by atoms with Crippen LogP contribution in [-0.2, 0) is 4.79 Å². The van der Waals surface area contributed by atoms with Gasteiger partial charge in [0, 0.05) is 17.8 Å². The Morgan fingerprint density at radius 3 is 3.17 bits per heavy atom. The van der Waals surface area contributed by atoms with Gasteiger partial charge in [-0.1, -0.05) is 0 Å². The lowest BCUT2D eigenvalue weighted by Crippen LogP contribution is -2.08. The van der Waals surface area contributed by atoms with Crippen molar-refractivity contribution in [2.75, 3.05) is 5.43 Å². The summed E-state index contributed by atoms with van der Waals surface area (Å²) in [6.07, 6.45) is 7.21. The molecule has 0 aliphatic carbocycles. The molecule has 0 bridgehead atoms. The van der Waals surface area contributed by atoms with E-state index in [0.29, 0.717) is 6.41 Å². The van der Waals surface area contributed by atoms with Gasteiger partial charge in [0.05, 0.1) is 11.7 Å². The summed E-state index contributed by atoms with van der Waals surface area (Å²) in [4.78, 5) is 17.9. The Morgan fingerprint density at radius 1 is 1.50 bits per heavy atom. The maximum absolute atomic E-state index is 10.1. The summed E-state index contributed by atoms with van der Waals surface area (Å²) in [7, 11) is 0. The van der Waals surface area contributed by atoms with E-state index in [0.717, 1.165) is 10.9 Å². The molecule has 0 aliphatic rings. The monoisotopic (exact) mass is 162 g/mol. The molecule has 0 aromatic carbocycles. The molecule has 2 aromatic rings. The zero-order valence-electron chi connectivity index (χ0n) is 6.14. The third-order valence-corrected chi connectivity index (χ3v) is 1.51. The lowest BCUT2D eigenvalue weighted by Gasteiger charge is -1.93. The molecule has 0 spiro atoms. The number of hydrogen-bond donors (Lipinski definition) is 1. The fourth-order valence-electron chi connectivity index (χ4n) is 1.01. The highest BCUT2D eigenvalue weighted by atomic mass is 16.1. The number of rotatable bonds is 2. The van der Waals surface area contributed by atoms with Gasteiger partial charge in [0.25, 0.3) is 0 Å². The van der Waals surface area contributed by atoms with Gasteiger partial charge in [-0.3, -0.25) is 14.9 Å². The molecule has 2 rings (SSSR count). The van der Waals surface area contributed by atoms with Gasteiger partial charge in [0.15, 0.2) is 0 Å². The average Bonchev–Trinajstić information content (AvgIpc) is 2.47. The molecule has 1 amide bonds. The maximum atomic E-state index is 10.1. The van der Waals surface area contributed by atoms with Crippen molar-refractivity contribution in [2.45, 2.75) is 0 Å². The molecule has 2 aromatic heterocycles. The van der Waals surface area contributed by atoms with Gasteiger partial charge in [0.1, 0.15) is 6.33 Å². The van der Waals surface area contributed by atoms with Crippen LogP contribution in [0.4, 0.5) is 0 Å². The average molecular weight is 162 g/mol. The summed E-state index contributed by atoms with van der Waals surface area (Å²) < 4.78 is 1.53. The van der Waals surface area contributed by atoms with Crippen LogP contribution < -0.4 is 5.43 Å². The van der Waals surface area contributed by atoms with E-state index >= 15 is 0 Å². The minimum Gasteiger partial charge on any atom is -0.277 e. The van der Waals surface area contributed by atoms with Crippen molar-refractivity contribution in [3.8, 4) is 0 Å². The van der Waals surface area contributed by atoms with Crippen molar-refractivity contribution >= 4 is 17.3 Å². The van der Waals surface area contributed by atoms with E-state index in [1.54, 1.807) is 18.6 Å². The zero-order chi connectivity index (χ0) is 8.39. The van der Waals surface area contributed by atoms with Gasteiger partial charge in [-0.05, 0) is 0 Å². The molecule has 0 radical (unpaired) electrons. The van der Waals surface area contributed by atoms with Gasteiger partial charge in [-0.15, -0.1) is 0 Å². The predicted octanol–water partition coefficient (Wildman–Crippen LogP) is 0.131. The molecule has 60 valence electrons. The highest BCUT2D eigenvalue weighted by molar-refractivity contribution is 5.77. The van der Waals surface area contributed by atoms with Crippen LogP contribution in [0, 0.1) is 0 Å². The number of carbonyl (C=O) groups excluding carboxylic acids is 1. The second kappa shape index (κ2) is 2.61. The third kappa shape index (κ3) is 1.01. The van der Waals surface area contributed by atoms with Crippen LogP contribution in [0.2, 0.25) is 0 Å². The number of nitrogens with one attached hydrogen (secondary N) is 1. The third-order valence-electron chi connectivity index (χ3n) is 1.51. The molecule has 0 fully saturated rings. The van der Waals surface area contributed by atoms with E-state index in [4.69, 9.17) is 0 Å². The molecular formula is C7H6N4O. The standard InChI is InChI=1S/C7H6N4O/c12-5-10-11-2-6-1-8-4-9-7(6)3-11/h1-5H,(H,10,12). The smallest absolute Gasteiger partial charge is 0.225 e. The van der Waals surface area contributed by atoms with Crippen molar-refractivity contribution < 1.29 is 4.79 Å². The molecule has 2 heterocycles. The first kappa shape index (κ1) is 6.78. The molecule has 1 N–H and O–H groups in total. The van der Waals surface area contributed by atoms with E-state index in [1.165, 1.54) is 11.0 Å². The normalized spacial score (nSPS) is 10.0. The van der Waals surface area contributed by atoms with Gasteiger partial charge < -0.3 is 0 Å². The number of aromatic nitrogens is 3. The first-order valence-corrected chi connectivity index (χ1v) is 3.38. The minimum atomic E-state index is 0.603. The lowest BCUT2D eigenvalue weighted by atomic mass is 10.4. The fourth-order valence-corrected chi connectivity index (χ4v) is 1.01. The summed E-state index contributed by atoms with van der Waals surface area (Å²) in [6.45, 7) is 0. The quantitative estimate of drug-likeness (QED) is 0.638. The molecule has 0 unspecified atom stereocenters. The highest BCUT2D eigenvalue weighted by Crippen LogP contribution is 2.08. The summed E-state index contributed by atoms with van der Waals surface area (Å²) in [6, 6.07) is 0.